The molecule has 0 saturated carbocycles. The third-order valence-electron chi connectivity index (χ3n) is 3.47. The number of carbonyl (C=O) groups is 1. The minimum absolute atomic E-state index is 0.0749. The molecule has 1 unspecified atom stereocenters. The van der Waals surface area contributed by atoms with Gasteiger partial charge >= 0.3 is 0 Å². The first-order chi connectivity index (χ1) is 11.7. The summed E-state index contributed by atoms with van der Waals surface area (Å²) in [6.07, 6.45) is 0. The van der Waals surface area contributed by atoms with E-state index in [1.807, 2.05) is 84.9 Å². The smallest absolute Gasteiger partial charge is 0.252 e. The van der Waals surface area contributed by atoms with Crippen LogP contribution in [0.4, 0.5) is 0 Å². The molecule has 0 spiro atoms. The maximum atomic E-state index is 12.5. The Labute approximate surface area is 154 Å². The summed E-state index contributed by atoms with van der Waals surface area (Å²) in [4.78, 5) is 13.6. The normalized spacial score (nSPS) is 11.7. The standard InChI is InChI=1S/C20H16BrNOS/c21-17-11-13-18(14-12-17)24-20(16-9-5-2-6-10-16)22-19(23)15-7-3-1-4-8-15/h1-14,20H,(H,22,23). The monoisotopic (exact) mass is 397 g/mol. The molecule has 0 fully saturated rings. The van der Waals surface area contributed by atoms with Crippen LogP contribution in [-0.2, 0) is 0 Å². The van der Waals surface area contributed by atoms with Crippen LogP contribution in [0.1, 0.15) is 21.3 Å². The van der Waals surface area contributed by atoms with E-state index in [-0.39, 0.29) is 11.3 Å². The van der Waals surface area contributed by atoms with Gasteiger partial charge in [-0.25, -0.2) is 0 Å². The second-order valence-electron chi connectivity index (χ2n) is 5.20. The molecule has 1 N–H and O–H groups in total. The van der Waals surface area contributed by atoms with Crippen molar-refractivity contribution in [1.29, 1.82) is 0 Å². The zero-order chi connectivity index (χ0) is 16.8. The Hall–Kier alpha value is -2.04. The second-order valence-corrected chi connectivity index (χ2v) is 7.30. The van der Waals surface area contributed by atoms with Crippen LogP contribution in [0.15, 0.2) is 94.3 Å². The number of amides is 1. The molecule has 3 aromatic rings. The maximum absolute atomic E-state index is 12.5. The molecule has 0 aliphatic heterocycles. The number of hydrogen-bond donors (Lipinski definition) is 1. The zero-order valence-corrected chi connectivity index (χ0v) is 15.3. The van der Waals surface area contributed by atoms with Crippen LogP contribution in [0.3, 0.4) is 0 Å². The van der Waals surface area contributed by atoms with Gasteiger partial charge in [0.15, 0.2) is 0 Å². The summed E-state index contributed by atoms with van der Waals surface area (Å²) in [6.45, 7) is 0. The van der Waals surface area contributed by atoms with Crippen molar-refractivity contribution < 1.29 is 4.79 Å². The molecule has 0 heterocycles. The lowest BCUT2D eigenvalue weighted by molar-refractivity contribution is 0.0949. The van der Waals surface area contributed by atoms with E-state index >= 15 is 0 Å². The van der Waals surface area contributed by atoms with E-state index in [1.54, 1.807) is 11.8 Å². The van der Waals surface area contributed by atoms with Crippen LogP contribution >= 0.6 is 27.7 Å². The van der Waals surface area contributed by atoms with E-state index in [0.717, 1.165) is 14.9 Å². The molecule has 24 heavy (non-hydrogen) atoms. The first-order valence-electron chi connectivity index (χ1n) is 7.55. The van der Waals surface area contributed by atoms with Crippen molar-refractivity contribution in [2.75, 3.05) is 0 Å². The Morgan fingerprint density at radius 3 is 2.04 bits per heavy atom. The second kappa shape index (κ2) is 8.18. The zero-order valence-electron chi connectivity index (χ0n) is 12.9. The predicted octanol–water partition coefficient (Wildman–Crippen LogP) is 5.67. The van der Waals surface area contributed by atoms with Crippen LogP contribution in [-0.4, -0.2) is 5.91 Å². The Balaban J connectivity index is 1.82. The molecule has 3 rings (SSSR count). The third kappa shape index (κ3) is 4.49. The van der Waals surface area contributed by atoms with Gasteiger partial charge in [-0.05, 0) is 42.0 Å². The van der Waals surface area contributed by atoms with Gasteiger partial charge in [0.1, 0.15) is 5.37 Å². The predicted molar refractivity (Wildman–Crippen MR) is 103 cm³/mol. The number of halogens is 1. The molecule has 0 aromatic heterocycles. The van der Waals surface area contributed by atoms with Crippen LogP contribution in [0.5, 0.6) is 0 Å². The Bertz CT molecular complexity index is 791. The minimum Gasteiger partial charge on any atom is -0.336 e. The first-order valence-corrected chi connectivity index (χ1v) is 9.23. The fraction of sp³-hybridized carbons (Fsp3) is 0.0500. The first kappa shape index (κ1) is 16.8. The van der Waals surface area contributed by atoms with Gasteiger partial charge in [-0.15, -0.1) is 0 Å². The third-order valence-corrected chi connectivity index (χ3v) is 5.17. The van der Waals surface area contributed by atoms with Crippen molar-refractivity contribution >= 4 is 33.6 Å². The van der Waals surface area contributed by atoms with E-state index < -0.39 is 0 Å². The van der Waals surface area contributed by atoms with Crippen molar-refractivity contribution in [2.45, 2.75) is 10.3 Å². The summed E-state index contributed by atoms with van der Waals surface area (Å²) < 4.78 is 1.04. The molecule has 0 bridgehead atoms. The molecular formula is C20H16BrNOS. The number of nitrogens with one attached hydrogen (secondary N) is 1. The topological polar surface area (TPSA) is 29.1 Å². The van der Waals surface area contributed by atoms with Crippen LogP contribution in [0.2, 0.25) is 0 Å². The van der Waals surface area contributed by atoms with Crippen molar-refractivity contribution in [3.8, 4) is 0 Å². The molecule has 4 heteroatoms. The average molecular weight is 398 g/mol. The van der Waals surface area contributed by atoms with Crippen molar-refractivity contribution in [2.24, 2.45) is 0 Å². The van der Waals surface area contributed by atoms with Crippen molar-refractivity contribution in [3.05, 3.63) is 101 Å². The highest BCUT2D eigenvalue weighted by Gasteiger charge is 2.16. The molecule has 2 nitrogen and oxygen atoms in total. The van der Waals surface area contributed by atoms with Gasteiger partial charge in [0.2, 0.25) is 0 Å². The highest BCUT2D eigenvalue weighted by atomic mass is 79.9. The summed E-state index contributed by atoms with van der Waals surface area (Å²) in [5.41, 5.74) is 1.73. The fourth-order valence-electron chi connectivity index (χ4n) is 2.25. The summed E-state index contributed by atoms with van der Waals surface area (Å²) >= 11 is 5.07. The summed E-state index contributed by atoms with van der Waals surface area (Å²) in [7, 11) is 0. The van der Waals surface area contributed by atoms with Crippen LogP contribution in [0.25, 0.3) is 0 Å². The van der Waals surface area contributed by atoms with Gasteiger partial charge in [0.25, 0.3) is 5.91 Å². The van der Waals surface area contributed by atoms with E-state index in [2.05, 4.69) is 21.2 Å². The SMILES string of the molecule is O=C(NC(Sc1ccc(Br)cc1)c1ccccc1)c1ccccc1. The molecule has 0 aliphatic carbocycles. The summed E-state index contributed by atoms with van der Waals surface area (Å²) in [6, 6.07) is 27.4. The fourth-order valence-corrected chi connectivity index (χ4v) is 3.54. The lowest BCUT2D eigenvalue weighted by Crippen LogP contribution is -2.26. The number of carbonyl (C=O) groups excluding carboxylic acids is 1. The lowest BCUT2D eigenvalue weighted by Gasteiger charge is -2.19. The van der Waals surface area contributed by atoms with Gasteiger partial charge < -0.3 is 5.32 Å². The molecule has 0 saturated heterocycles. The highest BCUT2D eigenvalue weighted by Crippen LogP contribution is 2.33. The average Bonchev–Trinajstić information content (AvgIpc) is 2.64. The molecule has 0 aliphatic rings. The number of benzene rings is 3. The largest absolute Gasteiger partial charge is 0.336 e. The van der Waals surface area contributed by atoms with Gasteiger partial charge in [-0.1, -0.05) is 76.2 Å². The van der Waals surface area contributed by atoms with Gasteiger partial charge in [-0.3, -0.25) is 4.79 Å². The Morgan fingerprint density at radius 1 is 0.833 bits per heavy atom. The molecule has 1 atom stereocenters. The number of hydrogen-bond acceptors (Lipinski definition) is 2. The van der Waals surface area contributed by atoms with Gasteiger partial charge in [0, 0.05) is 14.9 Å². The van der Waals surface area contributed by atoms with Crippen LogP contribution < -0.4 is 5.32 Å². The van der Waals surface area contributed by atoms with Crippen molar-refractivity contribution in [3.63, 3.8) is 0 Å². The summed E-state index contributed by atoms with van der Waals surface area (Å²) in [5, 5.41) is 2.97. The van der Waals surface area contributed by atoms with E-state index in [9.17, 15) is 4.79 Å². The lowest BCUT2D eigenvalue weighted by atomic mass is 10.2. The summed E-state index contributed by atoms with van der Waals surface area (Å²) in [5.74, 6) is -0.0749. The number of rotatable bonds is 5. The van der Waals surface area contributed by atoms with Crippen LogP contribution in [0, 0.1) is 0 Å². The highest BCUT2D eigenvalue weighted by molar-refractivity contribution is 9.10. The van der Waals surface area contributed by atoms with E-state index in [1.165, 1.54) is 0 Å². The van der Waals surface area contributed by atoms with E-state index in [0.29, 0.717) is 5.56 Å². The molecule has 1 amide bonds. The quantitative estimate of drug-likeness (QED) is 0.443. The van der Waals surface area contributed by atoms with Gasteiger partial charge in [0.05, 0.1) is 0 Å². The molecule has 3 aromatic carbocycles. The molecular weight excluding hydrogens is 382 g/mol. The maximum Gasteiger partial charge on any atom is 0.252 e. The Morgan fingerprint density at radius 2 is 1.42 bits per heavy atom. The minimum atomic E-state index is -0.153. The van der Waals surface area contributed by atoms with Gasteiger partial charge in [-0.2, -0.15) is 0 Å². The molecule has 0 radical (unpaired) electrons. The number of thioether (sulfide) groups is 1. The van der Waals surface area contributed by atoms with E-state index in [4.69, 9.17) is 0 Å². The Kier molecular flexibility index (Phi) is 5.72. The van der Waals surface area contributed by atoms with Crippen molar-refractivity contribution in [1.82, 2.24) is 5.32 Å². The molecule has 120 valence electrons.